The van der Waals surface area contributed by atoms with Gasteiger partial charge in [0.05, 0.1) is 22.5 Å². The van der Waals surface area contributed by atoms with Crippen molar-refractivity contribution in [2.24, 2.45) is 5.10 Å². The van der Waals surface area contributed by atoms with Crippen molar-refractivity contribution in [3.8, 4) is 0 Å². The highest BCUT2D eigenvalue weighted by Gasteiger charge is 2.29. The third kappa shape index (κ3) is 4.08. The fourth-order valence-electron chi connectivity index (χ4n) is 3.21. The maximum Gasteiger partial charge on any atom is 0.0832 e. The molecule has 0 aliphatic carbocycles. The van der Waals surface area contributed by atoms with Crippen molar-refractivity contribution in [2.75, 3.05) is 5.01 Å². The molecular weight excluding hydrogens is 375 g/mol. The number of rotatable bonds is 4. The lowest BCUT2D eigenvalue weighted by Gasteiger charge is -2.25. The number of hydrogen-bond acceptors (Lipinski definition) is 2. The first kappa shape index (κ1) is 17.8. The van der Waals surface area contributed by atoms with Crippen molar-refractivity contribution in [3.63, 3.8) is 0 Å². The molecule has 0 N–H and O–H groups in total. The maximum absolute atomic E-state index is 6.46. The molecule has 3 aromatic rings. The lowest BCUT2D eigenvalue weighted by atomic mass is 10.0. The van der Waals surface area contributed by atoms with Crippen molar-refractivity contribution in [1.29, 1.82) is 0 Å². The Hall–Kier alpha value is -2.55. The van der Waals surface area contributed by atoms with Gasteiger partial charge < -0.3 is 0 Å². The first-order valence-electron chi connectivity index (χ1n) is 8.80. The van der Waals surface area contributed by atoms with E-state index in [-0.39, 0.29) is 6.04 Å². The Morgan fingerprint density at radius 1 is 0.852 bits per heavy atom. The molecule has 0 saturated carbocycles. The van der Waals surface area contributed by atoms with Crippen LogP contribution in [0, 0.1) is 0 Å². The molecule has 1 heterocycles. The maximum atomic E-state index is 6.46. The van der Waals surface area contributed by atoms with Crippen LogP contribution in [0.1, 0.15) is 23.6 Å². The first-order valence-corrected chi connectivity index (χ1v) is 9.56. The predicted octanol–water partition coefficient (Wildman–Crippen LogP) is 7.01. The Bertz CT molecular complexity index is 982. The number of hydrogen-bond donors (Lipinski definition) is 0. The quantitative estimate of drug-likeness (QED) is 0.465. The van der Waals surface area contributed by atoms with Gasteiger partial charge in [-0.2, -0.15) is 5.10 Å². The number of nitrogens with zero attached hydrogens (tertiary/aromatic N) is 2. The monoisotopic (exact) mass is 392 g/mol. The SMILES string of the molecule is Clc1ccc(Cl)c(N2N=C(/C=C/c3ccccc3)CC2c2ccccc2)c1. The van der Waals surface area contributed by atoms with Gasteiger partial charge in [0.2, 0.25) is 0 Å². The highest BCUT2D eigenvalue weighted by molar-refractivity contribution is 6.35. The second-order valence-electron chi connectivity index (χ2n) is 6.41. The minimum absolute atomic E-state index is 0.0811. The van der Waals surface area contributed by atoms with Gasteiger partial charge in [-0.1, -0.05) is 89.9 Å². The second-order valence-corrected chi connectivity index (χ2v) is 7.25. The molecule has 1 aliphatic heterocycles. The van der Waals surface area contributed by atoms with E-state index in [2.05, 4.69) is 36.4 Å². The number of allylic oxidation sites excluding steroid dienone is 1. The van der Waals surface area contributed by atoms with Crippen molar-refractivity contribution < 1.29 is 0 Å². The molecule has 134 valence electrons. The third-order valence-corrected chi connectivity index (χ3v) is 5.10. The van der Waals surface area contributed by atoms with Gasteiger partial charge in [0.15, 0.2) is 0 Å². The summed E-state index contributed by atoms with van der Waals surface area (Å²) >= 11 is 12.7. The van der Waals surface area contributed by atoms with Crippen LogP contribution in [0.3, 0.4) is 0 Å². The summed E-state index contributed by atoms with van der Waals surface area (Å²) in [6.45, 7) is 0. The number of hydrazone groups is 1. The van der Waals surface area contributed by atoms with E-state index >= 15 is 0 Å². The highest BCUT2D eigenvalue weighted by Crippen LogP contribution is 2.40. The Balaban J connectivity index is 1.70. The van der Waals surface area contributed by atoms with Gasteiger partial charge >= 0.3 is 0 Å². The number of benzene rings is 3. The summed E-state index contributed by atoms with van der Waals surface area (Å²) in [5.41, 5.74) is 4.17. The summed E-state index contributed by atoms with van der Waals surface area (Å²) in [6, 6.07) is 26.1. The summed E-state index contributed by atoms with van der Waals surface area (Å²) in [7, 11) is 0. The van der Waals surface area contributed by atoms with Gasteiger partial charge in [-0.15, -0.1) is 0 Å². The molecule has 0 saturated heterocycles. The van der Waals surface area contributed by atoms with E-state index in [0.717, 1.165) is 23.4 Å². The van der Waals surface area contributed by atoms with Crippen LogP contribution in [0.25, 0.3) is 6.08 Å². The van der Waals surface area contributed by atoms with Crippen molar-refractivity contribution in [3.05, 3.63) is 106 Å². The smallest absolute Gasteiger partial charge is 0.0832 e. The molecule has 0 amide bonds. The molecule has 1 aliphatic rings. The third-order valence-electron chi connectivity index (χ3n) is 4.54. The Kier molecular flexibility index (Phi) is 5.28. The normalized spacial score (nSPS) is 16.7. The van der Waals surface area contributed by atoms with E-state index in [1.54, 1.807) is 6.07 Å². The summed E-state index contributed by atoms with van der Waals surface area (Å²) in [4.78, 5) is 0. The molecule has 1 unspecified atom stereocenters. The molecule has 0 radical (unpaired) electrons. The average Bonchev–Trinajstić information content (AvgIpc) is 3.14. The Morgan fingerprint density at radius 2 is 1.56 bits per heavy atom. The van der Waals surface area contributed by atoms with Crippen LogP contribution in [-0.4, -0.2) is 5.71 Å². The van der Waals surface area contributed by atoms with Crippen LogP contribution < -0.4 is 5.01 Å². The zero-order valence-corrected chi connectivity index (χ0v) is 16.1. The Labute approximate surface area is 169 Å². The molecule has 4 rings (SSSR count). The van der Waals surface area contributed by atoms with Crippen LogP contribution in [-0.2, 0) is 0 Å². The standard InChI is InChI=1S/C23H18Cl2N2/c24-19-12-14-21(25)23(15-19)27-22(18-9-5-2-6-10-18)16-20(26-27)13-11-17-7-3-1-4-8-17/h1-15,22H,16H2/b13-11+. The van der Waals surface area contributed by atoms with Crippen LogP contribution in [0.5, 0.6) is 0 Å². The van der Waals surface area contributed by atoms with Gasteiger partial charge in [-0.05, 0) is 35.4 Å². The molecule has 27 heavy (non-hydrogen) atoms. The topological polar surface area (TPSA) is 15.6 Å². The van der Waals surface area contributed by atoms with Crippen LogP contribution >= 0.6 is 23.2 Å². The fourth-order valence-corrected chi connectivity index (χ4v) is 3.58. The minimum atomic E-state index is 0.0811. The largest absolute Gasteiger partial charge is 0.256 e. The molecule has 1 atom stereocenters. The lowest BCUT2D eigenvalue weighted by Crippen LogP contribution is -2.18. The van der Waals surface area contributed by atoms with E-state index in [1.165, 1.54) is 5.56 Å². The second kappa shape index (κ2) is 7.99. The Morgan fingerprint density at radius 3 is 2.30 bits per heavy atom. The van der Waals surface area contributed by atoms with E-state index in [0.29, 0.717) is 10.0 Å². The molecule has 2 nitrogen and oxygen atoms in total. The van der Waals surface area contributed by atoms with E-state index in [9.17, 15) is 0 Å². The minimum Gasteiger partial charge on any atom is -0.256 e. The molecule has 3 aromatic carbocycles. The van der Waals surface area contributed by atoms with E-state index in [4.69, 9.17) is 28.3 Å². The molecule has 0 spiro atoms. The van der Waals surface area contributed by atoms with Crippen LogP contribution in [0.15, 0.2) is 90.0 Å². The van der Waals surface area contributed by atoms with Gasteiger partial charge in [-0.25, -0.2) is 0 Å². The van der Waals surface area contributed by atoms with Crippen molar-refractivity contribution >= 4 is 40.7 Å². The van der Waals surface area contributed by atoms with Crippen LogP contribution in [0.2, 0.25) is 10.0 Å². The van der Waals surface area contributed by atoms with Gasteiger partial charge in [-0.3, -0.25) is 5.01 Å². The average molecular weight is 393 g/mol. The highest BCUT2D eigenvalue weighted by atomic mass is 35.5. The summed E-state index contributed by atoms with van der Waals surface area (Å²) in [5.74, 6) is 0. The van der Waals surface area contributed by atoms with Gasteiger partial charge in [0, 0.05) is 11.4 Å². The zero-order chi connectivity index (χ0) is 18.6. The molecule has 0 fully saturated rings. The first-order chi connectivity index (χ1) is 13.2. The molecule has 0 bridgehead atoms. The molecule has 0 aromatic heterocycles. The van der Waals surface area contributed by atoms with Gasteiger partial charge in [0.1, 0.15) is 0 Å². The van der Waals surface area contributed by atoms with E-state index in [1.807, 2.05) is 53.5 Å². The predicted molar refractivity (Wildman–Crippen MR) is 116 cm³/mol. The van der Waals surface area contributed by atoms with Crippen molar-refractivity contribution in [2.45, 2.75) is 12.5 Å². The number of anilines is 1. The molecular formula is C23H18Cl2N2. The van der Waals surface area contributed by atoms with Crippen LogP contribution in [0.4, 0.5) is 5.69 Å². The van der Waals surface area contributed by atoms with Gasteiger partial charge in [0.25, 0.3) is 0 Å². The number of halogens is 2. The summed E-state index contributed by atoms with van der Waals surface area (Å²) < 4.78 is 0. The molecule has 4 heteroatoms. The van der Waals surface area contributed by atoms with Crippen molar-refractivity contribution in [1.82, 2.24) is 0 Å². The fraction of sp³-hybridized carbons (Fsp3) is 0.0870. The zero-order valence-electron chi connectivity index (χ0n) is 14.6. The summed E-state index contributed by atoms with van der Waals surface area (Å²) in [5, 5.41) is 8.11. The lowest BCUT2D eigenvalue weighted by molar-refractivity contribution is 0.709. The van der Waals surface area contributed by atoms with E-state index < -0.39 is 0 Å². The summed E-state index contributed by atoms with van der Waals surface area (Å²) in [6.07, 6.45) is 4.96.